The molecule has 1 aromatic carbocycles. The molecule has 2 heterocycles. The van der Waals surface area contributed by atoms with E-state index >= 15 is 0 Å². The highest BCUT2D eigenvalue weighted by Gasteiger charge is 2.24. The molecule has 32 heavy (non-hydrogen) atoms. The van der Waals surface area contributed by atoms with E-state index in [9.17, 15) is 4.79 Å². The van der Waals surface area contributed by atoms with Gasteiger partial charge in [0.1, 0.15) is 0 Å². The summed E-state index contributed by atoms with van der Waals surface area (Å²) in [4.78, 5) is 20.6. The zero-order valence-corrected chi connectivity index (χ0v) is 22.2. The van der Waals surface area contributed by atoms with Crippen molar-refractivity contribution in [2.45, 2.75) is 52.1 Å². The lowest BCUT2D eigenvalue weighted by Crippen LogP contribution is -2.42. The summed E-state index contributed by atoms with van der Waals surface area (Å²) in [7, 11) is 0. The van der Waals surface area contributed by atoms with Gasteiger partial charge in [0.2, 0.25) is 5.91 Å². The molecule has 0 bridgehead atoms. The van der Waals surface area contributed by atoms with Crippen molar-refractivity contribution >= 4 is 52.9 Å². The smallest absolute Gasteiger partial charge is 0.224 e. The number of benzene rings is 1. The fourth-order valence-electron chi connectivity index (χ4n) is 3.85. The number of halogens is 1. The van der Waals surface area contributed by atoms with Crippen molar-refractivity contribution < 1.29 is 4.79 Å². The van der Waals surface area contributed by atoms with Gasteiger partial charge in [-0.1, -0.05) is 25.1 Å². The Balaban J connectivity index is 0.00000363. The molecule has 1 fully saturated rings. The van der Waals surface area contributed by atoms with Crippen molar-refractivity contribution in [3.63, 3.8) is 0 Å². The van der Waals surface area contributed by atoms with E-state index in [1.165, 1.54) is 17.7 Å². The molecule has 3 N–H and O–H groups in total. The second-order valence-electron chi connectivity index (χ2n) is 7.85. The third-order valence-corrected chi connectivity index (χ3v) is 6.34. The Morgan fingerprint density at radius 3 is 2.66 bits per heavy atom. The molecule has 1 atom stereocenters. The van der Waals surface area contributed by atoms with Gasteiger partial charge in [-0.3, -0.25) is 9.69 Å². The first-order valence-electron chi connectivity index (χ1n) is 11.4. The van der Waals surface area contributed by atoms with Crippen LogP contribution in [-0.4, -0.2) is 42.9 Å². The number of nitrogens with one attached hydrogen (secondary N) is 3. The monoisotopic (exact) mass is 569 g/mol. The Labute approximate surface area is 213 Å². The maximum absolute atomic E-state index is 11.9. The van der Waals surface area contributed by atoms with Gasteiger partial charge in [-0.05, 0) is 68.4 Å². The topological polar surface area (TPSA) is 68.8 Å². The minimum atomic E-state index is 0. The Morgan fingerprint density at radius 1 is 1.16 bits per heavy atom. The second kappa shape index (κ2) is 14.5. The van der Waals surface area contributed by atoms with Gasteiger partial charge >= 0.3 is 0 Å². The van der Waals surface area contributed by atoms with E-state index in [-0.39, 0.29) is 29.9 Å². The van der Waals surface area contributed by atoms with Gasteiger partial charge in [0.25, 0.3) is 0 Å². The van der Waals surface area contributed by atoms with Crippen LogP contribution in [0.4, 0.5) is 5.69 Å². The van der Waals surface area contributed by atoms with E-state index in [0.717, 1.165) is 49.8 Å². The maximum Gasteiger partial charge on any atom is 0.224 e. The van der Waals surface area contributed by atoms with Crippen LogP contribution in [-0.2, 0) is 11.3 Å². The predicted molar refractivity (Wildman–Crippen MR) is 146 cm³/mol. The van der Waals surface area contributed by atoms with E-state index in [1.807, 2.05) is 42.5 Å². The average Bonchev–Trinajstić information content (AvgIpc) is 3.47. The van der Waals surface area contributed by atoms with E-state index in [1.54, 1.807) is 0 Å². The number of guanidine groups is 1. The van der Waals surface area contributed by atoms with Crippen molar-refractivity contribution in [1.29, 1.82) is 0 Å². The predicted octanol–water partition coefficient (Wildman–Crippen LogP) is 5.00. The first kappa shape index (κ1) is 26.6. The van der Waals surface area contributed by atoms with E-state index in [0.29, 0.717) is 19.0 Å². The number of aliphatic imine (C=N–C) groups is 1. The van der Waals surface area contributed by atoms with Crippen molar-refractivity contribution in [2.24, 2.45) is 4.99 Å². The van der Waals surface area contributed by atoms with Crippen molar-refractivity contribution in [1.82, 2.24) is 15.5 Å². The summed E-state index contributed by atoms with van der Waals surface area (Å²) >= 11 is 1.83. The van der Waals surface area contributed by atoms with Crippen LogP contribution in [0, 0.1) is 0 Å². The summed E-state index contributed by atoms with van der Waals surface area (Å²) in [5, 5.41) is 12.0. The van der Waals surface area contributed by atoms with Crippen LogP contribution in [0.25, 0.3) is 0 Å². The molecule has 1 unspecified atom stereocenters. The highest BCUT2D eigenvalue weighted by atomic mass is 127. The van der Waals surface area contributed by atoms with Gasteiger partial charge in [0, 0.05) is 30.1 Å². The molecular formula is C24H36IN5OS. The fourth-order valence-corrected chi connectivity index (χ4v) is 4.71. The highest BCUT2D eigenvalue weighted by molar-refractivity contribution is 14.0. The quantitative estimate of drug-likeness (QED) is 0.214. The van der Waals surface area contributed by atoms with Gasteiger partial charge in [0.05, 0.1) is 12.6 Å². The van der Waals surface area contributed by atoms with E-state index in [4.69, 9.17) is 4.99 Å². The van der Waals surface area contributed by atoms with Gasteiger partial charge in [-0.25, -0.2) is 4.99 Å². The van der Waals surface area contributed by atoms with Crippen LogP contribution in [0.1, 0.15) is 56.0 Å². The molecule has 1 amide bonds. The minimum absolute atomic E-state index is 0. The lowest BCUT2D eigenvalue weighted by Gasteiger charge is -2.27. The largest absolute Gasteiger partial charge is 0.357 e. The number of anilines is 1. The first-order valence-corrected chi connectivity index (χ1v) is 12.3. The molecule has 1 aromatic heterocycles. The first-order chi connectivity index (χ1) is 15.2. The zero-order valence-electron chi connectivity index (χ0n) is 19.1. The molecule has 8 heteroatoms. The summed E-state index contributed by atoms with van der Waals surface area (Å²) in [5.41, 5.74) is 1.90. The molecule has 0 aliphatic carbocycles. The van der Waals surface area contributed by atoms with Crippen molar-refractivity contribution in [3.05, 3.63) is 52.2 Å². The molecular weight excluding hydrogens is 533 g/mol. The van der Waals surface area contributed by atoms with Crippen molar-refractivity contribution in [2.75, 3.05) is 31.5 Å². The average molecular weight is 570 g/mol. The van der Waals surface area contributed by atoms with Crippen LogP contribution in [0.3, 0.4) is 0 Å². The summed E-state index contributed by atoms with van der Waals surface area (Å²) in [6, 6.07) is 12.7. The van der Waals surface area contributed by atoms with Crippen LogP contribution >= 0.6 is 35.3 Å². The van der Waals surface area contributed by atoms with Gasteiger partial charge in [-0.2, -0.15) is 0 Å². The Kier molecular flexibility index (Phi) is 12.0. The van der Waals surface area contributed by atoms with Gasteiger partial charge in [-0.15, -0.1) is 35.3 Å². The molecule has 0 radical (unpaired) electrons. The van der Waals surface area contributed by atoms with Crippen LogP contribution in [0.15, 0.2) is 46.8 Å². The third kappa shape index (κ3) is 8.37. The molecule has 0 spiro atoms. The number of likely N-dealkylation sites (tertiary alicyclic amines) is 1. The molecule has 1 saturated heterocycles. The summed E-state index contributed by atoms with van der Waals surface area (Å²) in [5.74, 6) is 0.878. The number of amides is 1. The number of carbonyl (C=O) groups is 1. The maximum atomic E-state index is 11.9. The zero-order chi connectivity index (χ0) is 21.9. The van der Waals surface area contributed by atoms with Crippen molar-refractivity contribution in [3.8, 4) is 0 Å². The van der Waals surface area contributed by atoms with Gasteiger partial charge in [0.15, 0.2) is 5.96 Å². The molecule has 2 aromatic rings. The summed E-state index contributed by atoms with van der Waals surface area (Å²) < 4.78 is 0. The molecule has 176 valence electrons. The normalized spacial score (nSPS) is 15.1. The molecule has 0 saturated carbocycles. The second-order valence-corrected chi connectivity index (χ2v) is 8.83. The highest BCUT2D eigenvalue weighted by Crippen LogP contribution is 2.27. The number of rotatable bonds is 10. The lowest BCUT2D eigenvalue weighted by molar-refractivity contribution is -0.116. The summed E-state index contributed by atoms with van der Waals surface area (Å²) in [6.07, 6.45) is 3.94. The fraction of sp³-hybridized carbons (Fsp3) is 0.500. The molecule has 6 nitrogen and oxygen atoms in total. The number of nitrogens with zero attached hydrogens (tertiary/aromatic N) is 2. The standard InChI is InChI=1S/C24H35N5OS.HI/c1-3-9-23(30)28-20-11-7-10-19(16-20)17-26-24(25-4-2)27-18-21(22-12-8-15-31-22)29-13-5-6-14-29;/h7-8,10-12,15-16,21H,3-6,9,13-14,17-18H2,1-2H3,(H,28,30)(H2,25,26,27);1H. The number of carbonyl (C=O) groups excluding carboxylic acids is 1. The molecule has 1 aliphatic heterocycles. The third-order valence-electron chi connectivity index (χ3n) is 5.37. The summed E-state index contributed by atoms with van der Waals surface area (Å²) in [6.45, 7) is 8.61. The van der Waals surface area contributed by atoms with E-state index < -0.39 is 0 Å². The van der Waals surface area contributed by atoms with Crippen LogP contribution in [0.5, 0.6) is 0 Å². The number of thiophene rings is 1. The van der Waals surface area contributed by atoms with Gasteiger partial charge < -0.3 is 16.0 Å². The number of hydrogen-bond donors (Lipinski definition) is 3. The Hall–Kier alpha value is -1.65. The SMILES string of the molecule is CCCC(=O)Nc1cccc(CN=C(NCC)NCC(c2cccs2)N2CCCC2)c1.I. The minimum Gasteiger partial charge on any atom is -0.357 e. The Morgan fingerprint density at radius 2 is 1.97 bits per heavy atom. The molecule has 1 aliphatic rings. The number of hydrogen-bond acceptors (Lipinski definition) is 4. The van der Waals surface area contributed by atoms with E-state index in [2.05, 4.69) is 45.3 Å². The lowest BCUT2D eigenvalue weighted by atomic mass is 10.2. The Bertz CT molecular complexity index is 837. The molecule has 3 rings (SSSR count). The van der Waals surface area contributed by atoms with Crippen LogP contribution < -0.4 is 16.0 Å². The van der Waals surface area contributed by atoms with Crippen LogP contribution in [0.2, 0.25) is 0 Å².